The van der Waals surface area contributed by atoms with Crippen LogP contribution in [-0.2, 0) is 9.59 Å². The average molecular weight is 519 g/mol. The van der Waals surface area contributed by atoms with Gasteiger partial charge in [0.1, 0.15) is 17.9 Å². The number of rotatable bonds is 8. The highest BCUT2D eigenvalue weighted by molar-refractivity contribution is 5.89. The Balaban J connectivity index is 1.37. The van der Waals surface area contributed by atoms with Crippen molar-refractivity contribution in [2.24, 2.45) is 0 Å². The van der Waals surface area contributed by atoms with Gasteiger partial charge in [0.15, 0.2) is 0 Å². The van der Waals surface area contributed by atoms with Crippen LogP contribution in [0.25, 0.3) is 0 Å². The summed E-state index contributed by atoms with van der Waals surface area (Å²) in [5.41, 5.74) is 7.86. The fourth-order valence-corrected chi connectivity index (χ4v) is 4.73. The van der Waals surface area contributed by atoms with Crippen molar-refractivity contribution in [3.63, 3.8) is 0 Å². The maximum atomic E-state index is 14.8. The van der Waals surface area contributed by atoms with Crippen molar-refractivity contribution in [3.8, 4) is 0 Å². The molecule has 5 rings (SSSR count). The zero-order chi connectivity index (χ0) is 26.1. The maximum absolute atomic E-state index is 14.8. The molecule has 196 valence electrons. The standard InChI is InChI=1S/C25H26F4N6O2/c26-15-10-19(35(12-15)20(36)11-18-22(23(27)28)33-34-32-18)25(37)31-21(14-4-2-1-3-5-14)17-9-8-16(13-6-7-13)24(29)30-17/h1-5,8-9,13,15,19,21,23,32-34H,6-7,10-12H2,(H,31,37)/t15-,19+,21+/m1/s1. The minimum absolute atomic E-state index is 0.0842. The number of alkyl halides is 3. The second-order valence-corrected chi connectivity index (χ2v) is 9.38. The number of aromatic nitrogens is 1. The van der Waals surface area contributed by atoms with Crippen LogP contribution in [0.3, 0.4) is 0 Å². The van der Waals surface area contributed by atoms with Crippen LogP contribution in [-0.4, -0.2) is 46.9 Å². The van der Waals surface area contributed by atoms with Gasteiger partial charge in [-0.3, -0.25) is 9.59 Å². The van der Waals surface area contributed by atoms with Crippen molar-refractivity contribution in [2.45, 2.75) is 56.3 Å². The summed E-state index contributed by atoms with van der Waals surface area (Å²) in [6, 6.07) is 10.1. The van der Waals surface area contributed by atoms with E-state index in [1.165, 1.54) is 0 Å². The van der Waals surface area contributed by atoms with Crippen LogP contribution in [0.15, 0.2) is 53.9 Å². The summed E-state index contributed by atoms with van der Waals surface area (Å²) in [6.07, 6.45) is -3.23. The first-order valence-electron chi connectivity index (χ1n) is 12.0. The highest BCUT2D eigenvalue weighted by Crippen LogP contribution is 2.41. The first-order valence-corrected chi connectivity index (χ1v) is 12.0. The summed E-state index contributed by atoms with van der Waals surface area (Å²) in [6.45, 7) is -0.339. The van der Waals surface area contributed by atoms with Gasteiger partial charge in [-0.15, -0.1) is 0 Å². The lowest BCUT2D eigenvalue weighted by molar-refractivity contribution is -0.138. The Bertz CT molecular complexity index is 1210. The molecular weight excluding hydrogens is 492 g/mol. The van der Waals surface area contributed by atoms with Gasteiger partial charge in [0.25, 0.3) is 6.43 Å². The van der Waals surface area contributed by atoms with Crippen LogP contribution in [0.5, 0.6) is 0 Å². The number of amides is 2. The Morgan fingerprint density at radius 3 is 2.54 bits per heavy atom. The summed E-state index contributed by atoms with van der Waals surface area (Å²) in [5, 5.41) is 2.81. The Labute approximate surface area is 210 Å². The van der Waals surface area contributed by atoms with Crippen molar-refractivity contribution < 1.29 is 27.2 Å². The number of halogens is 4. The van der Waals surface area contributed by atoms with Crippen LogP contribution in [0.2, 0.25) is 0 Å². The van der Waals surface area contributed by atoms with Crippen LogP contribution in [0, 0.1) is 5.95 Å². The Kier molecular flexibility index (Phi) is 7.00. The number of likely N-dealkylation sites (tertiary alicyclic amines) is 1. The highest BCUT2D eigenvalue weighted by Gasteiger charge is 2.41. The average Bonchev–Trinajstić information content (AvgIpc) is 3.48. The molecule has 3 aliphatic rings. The van der Waals surface area contributed by atoms with Crippen LogP contribution in [0.4, 0.5) is 17.6 Å². The van der Waals surface area contributed by atoms with E-state index < -0.39 is 54.6 Å². The molecule has 0 radical (unpaired) electrons. The molecule has 1 saturated carbocycles. The van der Waals surface area contributed by atoms with Crippen LogP contribution >= 0.6 is 0 Å². The van der Waals surface area contributed by atoms with Crippen molar-refractivity contribution in [1.29, 1.82) is 0 Å². The second kappa shape index (κ2) is 10.4. The third-order valence-electron chi connectivity index (χ3n) is 6.79. The first-order chi connectivity index (χ1) is 17.8. The van der Waals surface area contributed by atoms with E-state index in [9.17, 15) is 27.2 Å². The lowest BCUT2D eigenvalue weighted by Gasteiger charge is -2.27. The summed E-state index contributed by atoms with van der Waals surface area (Å²) < 4.78 is 55.5. The minimum Gasteiger partial charge on any atom is -0.342 e. The molecule has 1 aromatic carbocycles. The topological polar surface area (TPSA) is 98.4 Å². The number of hydrazine groups is 2. The molecular formula is C25H26F4N6O2. The van der Waals surface area contributed by atoms with E-state index in [2.05, 4.69) is 26.7 Å². The van der Waals surface area contributed by atoms with Crippen molar-refractivity contribution in [2.75, 3.05) is 6.54 Å². The molecule has 2 fully saturated rings. The van der Waals surface area contributed by atoms with E-state index in [1.54, 1.807) is 42.5 Å². The fourth-order valence-electron chi connectivity index (χ4n) is 4.73. The number of nitrogens with zero attached hydrogens (tertiary/aromatic N) is 2. The number of allylic oxidation sites excluding steroid dienone is 1. The molecule has 0 bridgehead atoms. The number of hydrogen-bond acceptors (Lipinski definition) is 6. The monoisotopic (exact) mass is 518 g/mol. The molecule has 0 unspecified atom stereocenters. The number of carbonyl (C=O) groups is 2. The third kappa shape index (κ3) is 5.38. The highest BCUT2D eigenvalue weighted by atomic mass is 19.3. The molecule has 8 nitrogen and oxygen atoms in total. The number of hydrogen-bond donors (Lipinski definition) is 4. The van der Waals surface area contributed by atoms with Crippen molar-refractivity contribution in [3.05, 3.63) is 76.6 Å². The van der Waals surface area contributed by atoms with Gasteiger partial charge < -0.3 is 21.1 Å². The quantitative estimate of drug-likeness (QED) is 0.317. The number of nitrogens with one attached hydrogen (secondary N) is 4. The second-order valence-electron chi connectivity index (χ2n) is 9.38. The zero-order valence-electron chi connectivity index (χ0n) is 19.7. The van der Waals surface area contributed by atoms with Gasteiger partial charge in [-0.05, 0) is 30.4 Å². The first kappa shape index (κ1) is 25.0. The Morgan fingerprint density at radius 1 is 1.11 bits per heavy atom. The molecule has 4 N–H and O–H groups in total. The van der Waals surface area contributed by atoms with Gasteiger partial charge in [0, 0.05) is 12.0 Å². The lowest BCUT2D eigenvalue weighted by atomic mass is 10.0. The lowest BCUT2D eigenvalue weighted by Crippen LogP contribution is -2.47. The predicted octanol–water partition coefficient (Wildman–Crippen LogP) is 2.72. The molecule has 1 saturated heterocycles. The van der Waals surface area contributed by atoms with Crippen LogP contribution in [0.1, 0.15) is 54.5 Å². The van der Waals surface area contributed by atoms with E-state index >= 15 is 0 Å². The molecule has 3 heterocycles. The Morgan fingerprint density at radius 2 is 1.86 bits per heavy atom. The summed E-state index contributed by atoms with van der Waals surface area (Å²) in [4.78, 5) is 31.5. The van der Waals surface area contributed by atoms with Gasteiger partial charge in [-0.1, -0.05) is 36.4 Å². The molecule has 12 heteroatoms. The number of carbonyl (C=O) groups excluding carboxylic acids is 2. The molecule has 1 aliphatic carbocycles. The third-order valence-corrected chi connectivity index (χ3v) is 6.79. The summed E-state index contributed by atoms with van der Waals surface area (Å²) in [7, 11) is 0. The summed E-state index contributed by atoms with van der Waals surface area (Å²) in [5.74, 6) is -1.76. The van der Waals surface area contributed by atoms with Gasteiger partial charge in [-0.2, -0.15) is 9.93 Å². The Hall–Kier alpha value is -3.67. The van der Waals surface area contributed by atoms with Crippen LogP contribution < -0.4 is 21.7 Å². The molecule has 0 spiro atoms. The fraction of sp³-hybridized carbons (Fsp3) is 0.400. The summed E-state index contributed by atoms with van der Waals surface area (Å²) >= 11 is 0. The smallest absolute Gasteiger partial charge is 0.281 e. The molecule has 2 aromatic rings. The molecule has 37 heavy (non-hydrogen) atoms. The van der Waals surface area contributed by atoms with E-state index in [0.717, 1.165) is 17.7 Å². The van der Waals surface area contributed by atoms with E-state index in [-0.39, 0.29) is 30.3 Å². The van der Waals surface area contributed by atoms with Gasteiger partial charge in [-0.25, -0.2) is 18.2 Å². The van der Waals surface area contributed by atoms with E-state index in [0.29, 0.717) is 11.1 Å². The number of benzene rings is 1. The SMILES string of the molecule is O=C(N[C@@H](c1ccccc1)c1ccc(C2CC2)c(F)n1)[C@@H]1C[C@@H](F)CN1C(=O)CC1=C(C(F)F)NNN1. The van der Waals surface area contributed by atoms with E-state index in [4.69, 9.17) is 0 Å². The van der Waals surface area contributed by atoms with Gasteiger partial charge >= 0.3 is 0 Å². The predicted molar refractivity (Wildman–Crippen MR) is 125 cm³/mol. The minimum atomic E-state index is -2.86. The van der Waals surface area contributed by atoms with Crippen molar-refractivity contribution >= 4 is 11.8 Å². The maximum Gasteiger partial charge on any atom is 0.281 e. The zero-order valence-corrected chi connectivity index (χ0v) is 19.7. The normalized spacial score (nSPS) is 22.1. The van der Waals surface area contributed by atoms with E-state index in [1.807, 2.05) is 0 Å². The molecule has 2 amide bonds. The molecule has 1 aromatic heterocycles. The molecule has 2 aliphatic heterocycles. The van der Waals surface area contributed by atoms with Gasteiger partial charge in [0.05, 0.1) is 30.4 Å². The van der Waals surface area contributed by atoms with Gasteiger partial charge in [0.2, 0.25) is 17.8 Å². The number of pyridine rings is 1. The van der Waals surface area contributed by atoms with Crippen molar-refractivity contribution in [1.82, 2.24) is 31.6 Å². The molecule has 3 atom stereocenters. The largest absolute Gasteiger partial charge is 0.342 e.